The summed E-state index contributed by atoms with van der Waals surface area (Å²) in [5, 5.41) is 0. The van der Waals surface area contributed by atoms with E-state index in [0.29, 0.717) is 12.2 Å². The number of ether oxygens (including phenoxy) is 1. The zero-order valence-corrected chi connectivity index (χ0v) is 11.5. The van der Waals surface area contributed by atoms with E-state index in [-0.39, 0.29) is 5.54 Å². The molecule has 2 fully saturated rings. The summed E-state index contributed by atoms with van der Waals surface area (Å²) >= 11 is 0. The number of rotatable bonds is 3. The van der Waals surface area contributed by atoms with E-state index in [1.807, 2.05) is 0 Å². The van der Waals surface area contributed by atoms with Crippen LogP contribution in [0.25, 0.3) is 0 Å². The molecule has 1 heterocycles. The summed E-state index contributed by atoms with van der Waals surface area (Å²) in [6.45, 7) is 7.62. The maximum Gasteiger partial charge on any atom is 0.0678 e. The lowest BCUT2D eigenvalue weighted by molar-refractivity contribution is -0.0695. The van der Waals surface area contributed by atoms with Crippen LogP contribution in [-0.2, 0) is 4.74 Å². The van der Waals surface area contributed by atoms with Gasteiger partial charge in [-0.2, -0.15) is 0 Å². The molecule has 2 N–H and O–H groups in total. The van der Waals surface area contributed by atoms with Crippen LogP contribution in [0.2, 0.25) is 0 Å². The Hall–Kier alpha value is -0.120. The molecule has 0 amide bonds. The van der Waals surface area contributed by atoms with Gasteiger partial charge < -0.3 is 10.5 Å². The lowest BCUT2D eigenvalue weighted by Crippen LogP contribution is -2.49. The SMILES string of the molecule is C[C@@H]1CN(CCC2(N)CCCCC2)C[C@H](C)O1. The first-order valence-corrected chi connectivity index (χ1v) is 7.24. The van der Waals surface area contributed by atoms with Crippen LogP contribution in [0.4, 0.5) is 0 Å². The monoisotopic (exact) mass is 240 g/mol. The molecule has 2 rings (SSSR count). The Kier molecular flexibility index (Phi) is 4.45. The van der Waals surface area contributed by atoms with Crippen LogP contribution >= 0.6 is 0 Å². The summed E-state index contributed by atoms with van der Waals surface area (Å²) < 4.78 is 5.76. The van der Waals surface area contributed by atoms with Crippen molar-refractivity contribution >= 4 is 0 Å². The Labute approximate surface area is 106 Å². The van der Waals surface area contributed by atoms with E-state index in [4.69, 9.17) is 10.5 Å². The third kappa shape index (κ3) is 3.94. The van der Waals surface area contributed by atoms with Gasteiger partial charge in [0.05, 0.1) is 12.2 Å². The van der Waals surface area contributed by atoms with Gasteiger partial charge in [0, 0.05) is 25.2 Å². The van der Waals surface area contributed by atoms with Crippen LogP contribution in [0.1, 0.15) is 52.4 Å². The maximum absolute atomic E-state index is 6.49. The van der Waals surface area contributed by atoms with Crippen molar-refractivity contribution in [3.05, 3.63) is 0 Å². The van der Waals surface area contributed by atoms with Gasteiger partial charge in [-0.3, -0.25) is 4.90 Å². The van der Waals surface area contributed by atoms with Gasteiger partial charge in [0.2, 0.25) is 0 Å². The lowest BCUT2D eigenvalue weighted by Gasteiger charge is -2.39. The van der Waals surface area contributed by atoms with Crippen molar-refractivity contribution < 1.29 is 4.74 Å². The minimum Gasteiger partial charge on any atom is -0.373 e. The molecule has 0 aromatic rings. The molecule has 0 unspecified atom stereocenters. The Morgan fingerprint density at radius 2 is 1.71 bits per heavy atom. The summed E-state index contributed by atoms with van der Waals surface area (Å²) in [6.07, 6.45) is 8.39. The van der Waals surface area contributed by atoms with E-state index < -0.39 is 0 Å². The van der Waals surface area contributed by atoms with Gasteiger partial charge in [-0.05, 0) is 33.1 Å². The summed E-state index contributed by atoms with van der Waals surface area (Å²) in [5.41, 5.74) is 6.62. The van der Waals surface area contributed by atoms with Crippen molar-refractivity contribution in [2.45, 2.75) is 70.1 Å². The molecule has 1 saturated heterocycles. The smallest absolute Gasteiger partial charge is 0.0678 e. The Morgan fingerprint density at radius 3 is 2.29 bits per heavy atom. The number of nitrogens with two attached hydrogens (primary N) is 1. The molecule has 0 bridgehead atoms. The molecule has 17 heavy (non-hydrogen) atoms. The molecule has 2 atom stereocenters. The van der Waals surface area contributed by atoms with Gasteiger partial charge in [0.15, 0.2) is 0 Å². The van der Waals surface area contributed by atoms with Gasteiger partial charge >= 0.3 is 0 Å². The molecule has 3 nitrogen and oxygen atoms in total. The number of hydrogen-bond acceptors (Lipinski definition) is 3. The summed E-state index contributed by atoms with van der Waals surface area (Å²) in [4.78, 5) is 2.53. The van der Waals surface area contributed by atoms with E-state index in [2.05, 4.69) is 18.7 Å². The van der Waals surface area contributed by atoms with Gasteiger partial charge in [0.25, 0.3) is 0 Å². The van der Waals surface area contributed by atoms with Crippen LogP contribution in [0, 0.1) is 0 Å². The molecule has 100 valence electrons. The first-order chi connectivity index (χ1) is 8.07. The Morgan fingerprint density at radius 1 is 1.12 bits per heavy atom. The largest absolute Gasteiger partial charge is 0.373 e. The van der Waals surface area contributed by atoms with E-state index in [0.717, 1.165) is 26.1 Å². The van der Waals surface area contributed by atoms with Crippen molar-refractivity contribution in [1.82, 2.24) is 4.90 Å². The molecular formula is C14H28N2O. The first-order valence-electron chi connectivity index (χ1n) is 7.24. The summed E-state index contributed by atoms with van der Waals surface area (Å²) in [7, 11) is 0. The highest BCUT2D eigenvalue weighted by molar-refractivity contribution is 4.88. The molecular weight excluding hydrogens is 212 g/mol. The zero-order valence-electron chi connectivity index (χ0n) is 11.5. The molecule has 1 aliphatic heterocycles. The predicted molar refractivity (Wildman–Crippen MR) is 71.1 cm³/mol. The fraction of sp³-hybridized carbons (Fsp3) is 1.00. The normalized spacial score (nSPS) is 34.8. The second-order valence-corrected chi connectivity index (χ2v) is 6.19. The van der Waals surface area contributed by atoms with Crippen molar-refractivity contribution in [3.8, 4) is 0 Å². The van der Waals surface area contributed by atoms with Crippen LogP contribution in [0.15, 0.2) is 0 Å². The lowest BCUT2D eigenvalue weighted by atomic mass is 9.80. The van der Waals surface area contributed by atoms with Crippen LogP contribution < -0.4 is 5.73 Å². The van der Waals surface area contributed by atoms with Gasteiger partial charge in [-0.15, -0.1) is 0 Å². The Balaban J connectivity index is 1.76. The second kappa shape index (κ2) is 5.68. The van der Waals surface area contributed by atoms with Gasteiger partial charge in [0.1, 0.15) is 0 Å². The molecule has 1 saturated carbocycles. The molecule has 1 aliphatic carbocycles. The fourth-order valence-corrected chi connectivity index (χ4v) is 3.35. The number of nitrogens with zero attached hydrogens (tertiary/aromatic N) is 1. The van der Waals surface area contributed by atoms with Crippen LogP contribution in [0.5, 0.6) is 0 Å². The summed E-state index contributed by atoms with van der Waals surface area (Å²) in [6, 6.07) is 0. The highest BCUT2D eigenvalue weighted by Crippen LogP contribution is 2.29. The minimum atomic E-state index is 0.128. The average Bonchev–Trinajstić information content (AvgIpc) is 2.26. The molecule has 0 aromatic carbocycles. The third-order valence-corrected chi connectivity index (χ3v) is 4.27. The minimum absolute atomic E-state index is 0.128. The molecule has 0 aromatic heterocycles. The third-order valence-electron chi connectivity index (χ3n) is 4.27. The van der Waals surface area contributed by atoms with Crippen LogP contribution in [-0.4, -0.2) is 42.3 Å². The second-order valence-electron chi connectivity index (χ2n) is 6.19. The maximum atomic E-state index is 6.49. The molecule has 0 spiro atoms. The average molecular weight is 240 g/mol. The predicted octanol–water partition coefficient (Wildman–Crippen LogP) is 2.15. The molecule has 0 radical (unpaired) electrons. The van der Waals surface area contributed by atoms with Crippen LogP contribution in [0.3, 0.4) is 0 Å². The first kappa shape index (κ1) is 13.3. The van der Waals surface area contributed by atoms with E-state index in [9.17, 15) is 0 Å². The highest BCUT2D eigenvalue weighted by Gasteiger charge is 2.29. The Bertz CT molecular complexity index is 228. The summed E-state index contributed by atoms with van der Waals surface area (Å²) in [5.74, 6) is 0. The number of hydrogen-bond donors (Lipinski definition) is 1. The van der Waals surface area contributed by atoms with Gasteiger partial charge in [-0.1, -0.05) is 19.3 Å². The number of morpholine rings is 1. The standard InChI is InChI=1S/C14H28N2O/c1-12-10-16(11-13(2)17-12)9-8-14(15)6-4-3-5-7-14/h12-13H,3-11,15H2,1-2H3/t12-,13+. The van der Waals surface area contributed by atoms with Crippen molar-refractivity contribution in [3.63, 3.8) is 0 Å². The van der Waals surface area contributed by atoms with E-state index in [1.165, 1.54) is 32.1 Å². The zero-order chi connectivity index (χ0) is 12.3. The fourth-order valence-electron chi connectivity index (χ4n) is 3.35. The van der Waals surface area contributed by atoms with Crippen molar-refractivity contribution in [2.24, 2.45) is 5.73 Å². The highest BCUT2D eigenvalue weighted by atomic mass is 16.5. The molecule has 2 aliphatic rings. The quantitative estimate of drug-likeness (QED) is 0.821. The van der Waals surface area contributed by atoms with Gasteiger partial charge in [-0.25, -0.2) is 0 Å². The van der Waals surface area contributed by atoms with E-state index in [1.54, 1.807) is 0 Å². The molecule has 3 heteroatoms. The topological polar surface area (TPSA) is 38.5 Å². The van der Waals surface area contributed by atoms with Crippen molar-refractivity contribution in [1.29, 1.82) is 0 Å². The van der Waals surface area contributed by atoms with E-state index >= 15 is 0 Å². The van der Waals surface area contributed by atoms with Crippen molar-refractivity contribution in [2.75, 3.05) is 19.6 Å².